The molecule has 1 amide bonds. The summed E-state index contributed by atoms with van der Waals surface area (Å²) in [5.41, 5.74) is 1.02. The van der Waals surface area contributed by atoms with E-state index < -0.39 is 0 Å². The molecule has 1 N–H and O–H groups in total. The molecule has 0 radical (unpaired) electrons. The molecule has 0 unspecified atom stereocenters. The molecule has 2 aromatic heterocycles. The Kier molecular flexibility index (Phi) is 3.24. The van der Waals surface area contributed by atoms with E-state index in [0.717, 1.165) is 26.8 Å². The Morgan fingerprint density at radius 2 is 2.05 bits per heavy atom. The van der Waals surface area contributed by atoms with E-state index in [0.29, 0.717) is 5.92 Å². The van der Waals surface area contributed by atoms with Crippen molar-refractivity contribution in [2.24, 2.45) is 5.92 Å². The average molecular weight is 314 g/mol. The number of rotatable bonds is 4. The smallest absolute Gasteiger partial charge is 0.261 e. The molecule has 0 atom stereocenters. The third kappa shape index (κ3) is 2.71. The molecule has 1 aromatic carbocycles. The Hall–Kier alpha value is -1.72. The van der Waals surface area contributed by atoms with Gasteiger partial charge in [-0.2, -0.15) is 0 Å². The van der Waals surface area contributed by atoms with Crippen LogP contribution in [-0.2, 0) is 0 Å². The summed E-state index contributed by atoms with van der Waals surface area (Å²) in [5.74, 6) is 0.747. The molecule has 2 heterocycles. The zero-order chi connectivity index (χ0) is 14.2. The Morgan fingerprint density at radius 1 is 1.19 bits per heavy atom. The number of nitrogens with one attached hydrogen (secondary N) is 1. The van der Waals surface area contributed by atoms with Gasteiger partial charge in [0.15, 0.2) is 0 Å². The molecule has 0 saturated heterocycles. The van der Waals surface area contributed by atoms with Crippen molar-refractivity contribution in [1.82, 2.24) is 10.3 Å². The van der Waals surface area contributed by atoms with Crippen LogP contribution in [0, 0.1) is 5.92 Å². The SMILES string of the molecule is O=C(NCC1CC1)c1ccc(-c2nc3ccccc3s2)s1. The maximum absolute atomic E-state index is 12.1. The predicted molar refractivity (Wildman–Crippen MR) is 88.0 cm³/mol. The van der Waals surface area contributed by atoms with Gasteiger partial charge in [0.25, 0.3) is 5.91 Å². The van der Waals surface area contributed by atoms with Crippen molar-refractivity contribution >= 4 is 38.8 Å². The largest absolute Gasteiger partial charge is 0.351 e. The third-order valence-electron chi connectivity index (χ3n) is 3.58. The van der Waals surface area contributed by atoms with Crippen LogP contribution in [-0.4, -0.2) is 17.4 Å². The van der Waals surface area contributed by atoms with Crippen LogP contribution >= 0.6 is 22.7 Å². The van der Waals surface area contributed by atoms with Crippen molar-refractivity contribution in [2.45, 2.75) is 12.8 Å². The number of nitrogens with zero attached hydrogens (tertiary/aromatic N) is 1. The van der Waals surface area contributed by atoms with Gasteiger partial charge in [0.05, 0.1) is 20.0 Å². The summed E-state index contributed by atoms with van der Waals surface area (Å²) in [7, 11) is 0. The minimum Gasteiger partial charge on any atom is -0.351 e. The maximum atomic E-state index is 12.1. The molecule has 0 spiro atoms. The van der Waals surface area contributed by atoms with Crippen molar-refractivity contribution in [1.29, 1.82) is 0 Å². The lowest BCUT2D eigenvalue weighted by Gasteiger charge is -2.00. The highest BCUT2D eigenvalue weighted by atomic mass is 32.1. The van der Waals surface area contributed by atoms with Crippen LogP contribution in [0.5, 0.6) is 0 Å². The third-order valence-corrected chi connectivity index (χ3v) is 5.87. The topological polar surface area (TPSA) is 42.0 Å². The van der Waals surface area contributed by atoms with Crippen LogP contribution in [0.15, 0.2) is 36.4 Å². The number of thiophene rings is 1. The van der Waals surface area contributed by atoms with Crippen molar-refractivity contribution < 1.29 is 4.79 Å². The minimum absolute atomic E-state index is 0.0410. The van der Waals surface area contributed by atoms with Gasteiger partial charge in [-0.1, -0.05) is 12.1 Å². The second-order valence-electron chi connectivity index (χ2n) is 5.30. The summed E-state index contributed by atoms with van der Waals surface area (Å²) in [6, 6.07) is 12.0. The van der Waals surface area contributed by atoms with E-state index in [9.17, 15) is 4.79 Å². The fourth-order valence-electron chi connectivity index (χ4n) is 2.20. The normalized spacial score (nSPS) is 14.5. The van der Waals surface area contributed by atoms with E-state index in [1.54, 1.807) is 11.3 Å². The number of para-hydroxylation sites is 1. The summed E-state index contributed by atoms with van der Waals surface area (Å²) >= 11 is 3.19. The Bertz CT molecular complexity index is 768. The van der Waals surface area contributed by atoms with Gasteiger partial charge in [-0.3, -0.25) is 4.79 Å². The highest BCUT2D eigenvalue weighted by molar-refractivity contribution is 7.26. The predicted octanol–water partition coefficient (Wildman–Crippen LogP) is 4.16. The van der Waals surface area contributed by atoms with Gasteiger partial charge >= 0.3 is 0 Å². The van der Waals surface area contributed by atoms with Crippen LogP contribution in [0.25, 0.3) is 20.1 Å². The first-order valence-corrected chi connectivity index (χ1v) is 8.67. The summed E-state index contributed by atoms with van der Waals surface area (Å²) in [4.78, 5) is 18.5. The number of carbonyl (C=O) groups is 1. The standard InChI is InChI=1S/C16H14N2OS2/c19-15(17-9-10-5-6-10)13-7-8-14(20-13)16-18-11-3-1-2-4-12(11)21-16/h1-4,7-8,10H,5-6,9H2,(H,17,19). The molecule has 1 fully saturated rings. The molecule has 5 heteroatoms. The zero-order valence-corrected chi connectivity index (χ0v) is 13.0. The Morgan fingerprint density at radius 3 is 2.86 bits per heavy atom. The van der Waals surface area contributed by atoms with E-state index in [1.807, 2.05) is 30.3 Å². The Balaban J connectivity index is 1.56. The summed E-state index contributed by atoms with van der Waals surface area (Å²) < 4.78 is 1.18. The van der Waals surface area contributed by atoms with E-state index in [4.69, 9.17) is 0 Å². The first-order valence-electron chi connectivity index (χ1n) is 7.03. The van der Waals surface area contributed by atoms with E-state index >= 15 is 0 Å². The Labute approximate surface area is 130 Å². The molecule has 0 bridgehead atoms. The highest BCUT2D eigenvalue weighted by Crippen LogP contribution is 2.34. The van der Waals surface area contributed by atoms with Crippen molar-refractivity contribution in [3.05, 3.63) is 41.3 Å². The van der Waals surface area contributed by atoms with Crippen molar-refractivity contribution in [3.63, 3.8) is 0 Å². The summed E-state index contributed by atoms with van der Waals surface area (Å²) in [6.07, 6.45) is 2.50. The van der Waals surface area contributed by atoms with Crippen LogP contribution in [0.3, 0.4) is 0 Å². The highest BCUT2D eigenvalue weighted by Gasteiger charge is 2.22. The first-order chi connectivity index (χ1) is 10.3. The van der Waals surface area contributed by atoms with Gasteiger partial charge in [0.1, 0.15) is 5.01 Å². The molecular formula is C16H14N2OS2. The molecule has 3 aromatic rings. The first kappa shape index (κ1) is 13.0. The number of hydrogen-bond acceptors (Lipinski definition) is 4. The zero-order valence-electron chi connectivity index (χ0n) is 11.3. The lowest BCUT2D eigenvalue weighted by molar-refractivity contribution is 0.0956. The molecule has 4 rings (SSSR count). The summed E-state index contributed by atoms with van der Waals surface area (Å²) in [6.45, 7) is 0.813. The maximum Gasteiger partial charge on any atom is 0.261 e. The molecule has 1 aliphatic carbocycles. The summed E-state index contributed by atoms with van der Waals surface area (Å²) in [5, 5.41) is 4.00. The van der Waals surface area contributed by atoms with Gasteiger partial charge < -0.3 is 5.32 Å². The van der Waals surface area contributed by atoms with Crippen molar-refractivity contribution in [2.75, 3.05) is 6.54 Å². The van der Waals surface area contributed by atoms with Crippen LogP contribution in [0.4, 0.5) is 0 Å². The number of fused-ring (bicyclic) bond motifs is 1. The van der Waals surface area contributed by atoms with Crippen molar-refractivity contribution in [3.8, 4) is 9.88 Å². The molecular weight excluding hydrogens is 300 g/mol. The second-order valence-corrected chi connectivity index (χ2v) is 7.42. The van der Waals surface area contributed by atoms with E-state index in [-0.39, 0.29) is 5.91 Å². The fourth-order valence-corrected chi connectivity index (χ4v) is 4.14. The number of benzene rings is 1. The number of carbonyl (C=O) groups excluding carboxylic acids is 1. The van der Waals surface area contributed by atoms with E-state index in [1.165, 1.54) is 28.9 Å². The molecule has 0 aliphatic heterocycles. The molecule has 1 aliphatic rings. The molecule has 3 nitrogen and oxygen atoms in total. The van der Waals surface area contributed by atoms with Gasteiger partial charge in [-0.25, -0.2) is 4.98 Å². The van der Waals surface area contributed by atoms with Gasteiger partial charge in [0, 0.05) is 6.54 Å². The van der Waals surface area contributed by atoms with Gasteiger partial charge in [-0.15, -0.1) is 22.7 Å². The molecule has 106 valence electrons. The van der Waals surface area contributed by atoms with Gasteiger partial charge in [0.2, 0.25) is 0 Å². The van der Waals surface area contributed by atoms with Gasteiger partial charge in [-0.05, 0) is 43.0 Å². The van der Waals surface area contributed by atoms with E-state index in [2.05, 4.69) is 16.4 Å². The number of amides is 1. The lowest BCUT2D eigenvalue weighted by atomic mass is 10.3. The number of thiazole rings is 1. The molecule has 21 heavy (non-hydrogen) atoms. The fraction of sp³-hybridized carbons (Fsp3) is 0.250. The second kappa shape index (κ2) is 5.24. The van der Waals surface area contributed by atoms with Crippen LogP contribution in [0.1, 0.15) is 22.5 Å². The quantitative estimate of drug-likeness (QED) is 0.785. The lowest BCUT2D eigenvalue weighted by Crippen LogP contribution is -2.24. The monoisotopic (exact) mass is 314 g/mol. The number of aromatic nitrogens is 1. The average Bonchev–Trinajstić information content (AvgIpc) is 3.03. The minimum atomic E-state index is 0.0410. The van der Waals surface area contributed by atoms with Crippen LogP contribution in [0.2, 0.25) is 0 Å². The number of hydrogen-bond donors (Lipinski definition) is 1. The molecule has 1 saturated carbocycles. The van der Waals surface area contributed by atoms with Crippen LogP contribution < -0.4 is 5.32 Å².